The number of amides is 1. The summed E-state index contributed by atoms with van der Waals surface area (Å²) in [5, 5.41) is 2.75. The van der Waals surface area contributed by atoms with Crippen molar-refractivity contribution in [1.29, 1.82) is 0 Å². The maximum Gasteiger partial charge on any atom is 0.225 e. The van der Waals surface area contributed by atoms with E-state index in [-0.39, 0.29) is 5.91 Å². The third-order valence-electron chi connectivity index (χ3n) is 2.28. The van der Waals surface area contributed by atoms with Gasteiger partial charge in [0.2, 0.25) is 5.91 Å². The Kier molecular flexibility index (Phi) is 3.93. The van der Waals surface area contributed by atoms with Gasteiger partial charge in [-0.3, -0.25) is 4.79 Å². The quantitative estimate of drug-likeness (QED) is 0.911. The molecule has 2 aromatic heterocycles. The molecule has 0 radical (unpaired) electrons. The Hall–Kier alpha value is -1.62. The number of carbonyl (C=O) groups excluding carboxylic acids is 1. The van der Waals surface area contributed by atoms with E-state index in [1.807, 2.05) is 24.4 Å². The number of H-pyrrole nitrogens is 1. The molecule has 0 saturated carbocycles. The predicted octanol–water partition coefficient (Wildman–Crippen LogP) is 2.74. The summed E-state index contributed by atoms with van der Waals surface area (Å²) >= 11 is 3.29. The number of rotatable bonds is 4. The minimum absolute atomic E-state index is 0.0329. The molecule has 0 fully saturated rings. The molecule has 0 unspecified atom stereocenters. The van der Waals surface area contributed by atoms with Crippen molar-refractivity contribution in [1.82, 2.24) is 9.97 Å². The fraction of sp³-hybridized carbons (Fsp3) is 0.167. The number of aromatic amines is 1. The van der Waals surface area contributed by atoms with Crippen LogP contribution in [0.2, 0.25) is 0 Å². The molecule has 0 aliphatic heterocycles. The first-order valence-electron chi connectivity index (χ1n) is 5.28. The molecule has 0 aliphatic rings. The van der Waals surface area contributed by atoms with Crippen LogP contribution >= 0.6 is 15.9 Å². The topological polar surface area (TPSA) is 57.8 Å². The van der Waals surface area contributed by atoms with Crippen LogP contribution in [0.25, 0.3) is 0 Å². The van der Waals surface area contributed by atoms with E-state index in [1.165, 1.54) is 0 Å². The molecule has 88 valence electrons. The van der Waals surface area contributed by atoms with Gasteiger partial charge in [0, 0.05) is 29.0 Å². The molecule has 0 aliphatic carbocycles. The first kappa shape index (κ1) is 11.9. The number of aryl methyl sites for hydroxylation is 1. The smallest absolute Gasteiger partial charge is 0.225 e. The summed E-state index contributed by atoms with van der Waals surface area (Å²) in [6.07, 6.45) is 4.65. The van der Waals surface area contributed by atoms with Gasteiger partial charge in [-0.15, -0.1) is 0 Å². The molecule has 2 aromatic rings. The second kappa shape index (κ2) is 5.63. The van der Waals surface area contributed by atoms with E-state index in [4.69, 9.17) is 0 Å². The fourth-order valence-electron chi connectivity index (χ4n) is 1.43. The van der Waals surface area contributed by atoms with Crippen LogP contribution < -0.4 is 5.32 Å². The normalized spacial score (nSPS) is 10.2. The number of halogens is 1. The van der Waals surface area contributed by atoms with Crippen molar-refractivity contribution in [2.75, 3.05) is 5.32 Å². The molecule has 0 spiro atoms. The van der Waals surface area contributed by atoms with Gasteiger partial charge in [0.1, 0.15) is 5.82 Å². The van der Waals surface area contributed by atoms with Crippen molar-refractivity contribution < 1.29 is 4.79 Å². The number of nitrogens with zero attached hydrogens (tertiary/aromatic N) is 1. The van der Waals surface area contributed by atoms with Crippen LogP contribution in [0.1, 0.15) is 12.1 Å². The Balaban J connectivity index is 1.83. The van der Waals surface area contributed by atoms with Crippen molar-refractivity contribution >= 4 is 27.7 Å². The molecular weight excluding hydrogens is 282 g/mol. The number of hydrogen-bond acceptors (Lipinski definition) is 2. The van der Waals surface area contributed by atoms with Crippen LogP contribution in [0.15, 0.2) is 41.1 Å². The SMILES string of the molecule is O=C(CCc1ccc[nH]1)Nc1ccc(Br)cn1. The lowest BCUT2D eigenvalue weighted by Gasteiger charge is -2.03. The number of anilines is 1. The molecular formula is C12H12BrN3O. The first-order chi connectivity index (χ1) is 8.24. The average molecular weight is 294 g/mol. The molecule has 5 heteroatoms. The minimum atomic E-state index is -0.0329. The molecule has 0 atom stereocenters. The van der Waals surface area contributed by atoms with Gasteiger partial charge >= 0.3 is 0 Å². The summed E-state index contributed by atoms with van der Waals surface area (Å²) in [6, 6.07) is 7.49. The average Bonchev–Trinajstić information content (AvgIpc) is 2.83. The van der Waals surface area contributed by atoms with Gasteiger partial charge in [0.05, 0.1) is 0 Å². The van der Waals surface area contributed by atoms with Crippen molar-refractivity contribution in [3.63, 3.8) is 0 Å². The second-order valence-electron chi connectivity index (χ2n) is 3.61. The van der Waals surface area contributed by atoms with Crippen LogP contribution in [0, 0.1) is 0 Å². The Bertz CT molecular complexity index is 479. The lowest BCUT2D eigenvalue weighted by Crippen LogP contribution is -2.13. The predicted molar refractivity (Wildman–Crippen MR) is 69.7 cm³/mol. The Labute approximate surface area is 108 Å². The van der Waals surface area contributed by atoms with E-state index in [1.54, 1.807) is 12.3 Å². The summed E-state index contributed by atoms with van der Waals surface area (Å²) in [5.41, 5.74) is 1.06. The van der Waals surface area contributed by atoms with Crippen LogP contribution in [-0.2, 0) is 11.2 Å². The summed E-state index contributed by atoms with van der Waals surface area (Å²) in [7, 11) is 0. The lowest BCUT2D eigenvalue weighted by molar-refractivity contribution is -0.116. The van der Waals surface area contributed by atoms with E-state index < -0.39 is 0 Å². The van der Waals surface area contributed by atoms with Crippen LogP contribution in [0.4, 0.5) is 5.82 Å². The highest BCUT2D eigenvalue weighted by atomic mass is 79.9. The third kappa shape index (κ3) is 3.71. The number of carbonyl (C=O) groups is 1. The van der Waals surface area contributed by atoms with Gasteiger partial charge in [-0.1, -0.05) is 0 Å². The Morgan fingerprint density at radius 1 is 1.41 bits per heavy atom. The molecule has 4 nitrogen and oxygen atoms in total. The molecule has 1 amide bonds. The highest BCUT2D eigenvalue weighted by Crippen LogP contribution is 2.10. The molecule has 0 bridgehead atoms. The summed E-state index contributed by atoms with van der Waals surface area (Å²) in [4.78, 5) is 18.8. The Morgan fingerprint density at radius 3 is 2.94 bits per heavy atom. The fourth-order valence-corrected chi connectivity index (χ4v) is 1.66. The standard InChI is InChI=1S/C12H12BrN3O/c13-9-3-5-11(15-8-9)16-12(17)6-4-10-2-1-7-14-10/h1-3,5,7-8,14H,4,6H2,(H,15,16,17). The second-order valence-corrected chi connectivity index (χ2v) is 4.52. The third-order valence-corrected chi connectivity index (χ3v) is 2.75. The zero-order valence-corrected chi connectivity index (χ0v) is 10.7. The summed E-state index contributed by atoms with van der Waals surface area (Å²) < 4.78 is 0.891. The lowest BCUT2D eigenvalue weighted by atomic mass is 10.2. The number of nitrogens with one attached hydrogen (secondary N) is 2. The number of aromatic nitrogens is 2. The Morgan fingerprint density at radius 2 is 2.29 bits per heavy atom. The molecule has 0 saturated heterocycles. The van der Waals surface area contributed by atoms with Crippen LogP contribution in [0.5, 0.6) is 0 Å². The van der Waals surface area contributed by atoms with E-state index in [2.05, 4.69) is 31.2 Å². The van der Waals surface area contributed by atoms with Crippen LogP contribution in [-0.4, -0.2) is 15.9 Å². The maximum atomic E-state index is 11.6. The van der Waals surface area contributed by atoms with E-state index >= 15 is 0 Å². The van der Waals surface area contributed by atoms with Crippen molar-refractivity contribution in [3.05, 3.63) is 46.8 Å². The van der Waals surface area contributed by atoms with Gasteiger partial charge in [0.25, 0.3) is 0 Å². The van der Waals surface area contributed by atoms with Gasteiger partial charge in [-0.05, 0) is 46.6 Å². The maximum absolute atomic E-state index is 11.6. The summed E-state index contributed by atoms with van der Waals surface area (Å²) in [6.45, 7) is 0. The monoisotopic (exact) mass is 293 g/mol. The highest BCUT2D eigenvalue weighted by molar-refractivity contribution is 9.10. The van der Waals surface area contributed by atoms with E-state index in [0.717, 1.165) is 10.2 Å². The van der Waals surface area contributed by atoms with Crippen LogP contribution in [0.3, 0.4) is 0 Å². The van der Waals surface area contributed by atoms with E-state index in [0.29, 0.717) is 18.7 Å². The molecule has 2 heterocycles. The van der Waals surface area contributed by atoms with Crippen molar-refractivity contribution in [2.45, 2.75) is 12.8 Å². The minimum Gasteiger partial charge on any atom is -0.365 e. The van der Waals surface area contributed by atoms with E-state index in [9.17, 15) is 4.79 Å². The van der Waals surface area contributed by atoms with Gasteiger partial charge < -0.3 is 10.3 Å². The van der Waals surface area contributed by atoms with Gasteiger partial charge in [0.15, 0.2) is 0 Å². The van der Waals surface area contributed by atoms with Gasteiger partial charge in [-0.2, -0.15) is 0 Å². The zero-order valence-electron chi connectivity index (χ0n) is 9.11. The highest BCUT2D eigenvalue weighted by Gasteiger charge is 2.04. The number of hydrogen-bond donors (Lipinski definition) is 2. The first-order valence-corrected chi connectivity index (χ1v) is 6.07. The zero-order chi connectivity index (χ0) is 12.1. The van der Waals surface area contributed by atoms with Crippen molar-refractivity contribution in [2.24, 2.45) is 0 Å². The summed E-state index contributed by atoms with van der Waals surface area (Å²) in [5.74, 6) is 0.541. The molecule has 2 rings (SSSR count). The molecule has 17 heavy (non-hydrogen) atoms. The van der Waals surface area contributed by atoms with Crippen molar-refractivity contribution in [3.8, 4) is 0 Å². The largest absolute Gasteiger partial charge is 0.365 e. The number of pyridine rings is 1. The molecule has 2 N–H and O–H groups in total. The van der Waals surface area contributed by atoms with Gasteiger partial charge in [-0.25, -0.2) is 4.98 Å². The molecule has 0 aromatic carbocycles.